The third-order valence-electron chi connectivity index (χ3n) is 3.01. The number of amides is 1. The number of carbonyl (C=O) groups is 1. The second kappa shape index (κ2) is 6.26. The predicted molar refractivity (Wildman–Crippen MR) is 74.2 cm³/mol. The molecule has 1 aliphatic heterocycles. The summed E-state index contributed by atoms with van der Waals surface area (Å²) in [5, 5.41) is 2.83. The number of nitrogens with zero attached hydrogens (tertiary/aromatic N) is 2. The largest absolute Gasteiger partial charge is 0.328 e. The van der Waals surface area contributed by atoms with Crippen molar-refractivity contribution >= 4 is 27.5 Å². The van der Waals surface area contributed by atoms with Gasteiger partial charge in [-0.25, -0.2) is 4.98 Å². The van der Waals surface area contributed by atoms with Crippen LogP contribution < -0.4 is 11.1 Å². The van der Waals surface area contributed by atoms with E-state index in [1.165, 1.54) is 0 Å². The zero-order valence-electron chi connectivity index (χ0n) is 10.1. The second-order valence-electron chi connectivity index (χ2n) is 4.53. The van der Waals surface area contributed by atoms with E-state index >= 15 is 0 Å². The van der Waals surface area contributed by atoms with E-state index in [2.05, 4.69) is 31.1 Å². The van der Waals surface area contributed by atoms with Gasteiger partial charge in [0.05, 0.1) is 18.4 Å². The number of hydrogen-bond donors (Lipinski definition) is 2. The van der Waals surface area contributed by atoms with Crippen LogP contribution in [0.25, 0.3) is 0 Å². The van der Waals surface area contributed by atoms with Crippen LogP contribution in [0.1, 0.15) is 12.8 Å². The van der Waals surface area contributed by atoms with E-state index in [-0.39, 0.29) is 5.91 Å². The van der Waals surface area contributed by atoms with Gasteiger partial charge in [0.2, 0.25) is 5.91 Å². The summed E-state index contributed by atoms with van der Waals surface area (Å²) in [5.41, 5.74) is 6.54. The van der Waals surface area contributed by atoms with Gasteiger partial charge in [-0.05, 0) is 40.9 Å². The van der Waals surface area contributed by atoms with Crippen molar-refractivity contribution in [3.63, 3.8) is 0 Å². The minimum atomic E-state index is -0.00501. The summed E-state index contributed by atoms with van der Waals surface area (Å²) in [6, 6.07) is 3.91. The third-order valence-corrected chi connectivity index (χ3v) is 3.48. The van der Waals surface area contributed by atoms with E-state index in [0.717, 1.165) is 36.2 Å². The zero-order chi connectivity index (χ0) is 13.0. The SMILES string of the molecule is NC1CCN(CC(=O)Nc2ccc(Br)nc2)CC1. The first-order chi connectivity index (χ1) is 8.63. The maximum atomic E-state index is 11.8. The molecule has 1 amide bonds. The highest BCUT2D eigenvalue weighted by Crippen LogP contribution is 2.11. The Labute approximate surface area is 115 Å². The molecule has 1 aliphatic rings. The van der Waals surface area contributed by atoms with Gasteiger partial charge in [-0.1, -0.05) is 0 Å². The van der Waals surface area contributed by atoms with Crippen LogP contribution in [-0.2, 0) is 4.79 Å². The van der Waals surface area contributed by atoms with Gasteiger partial charge < -0.3 is 11.1 Å². The first kappa shape index (κ1) is 13.5. The van der Waals surface area contributed by atoms with E-state index in [4.69, 9.17) is 5.73 Å². The lowest BCUT2D eigenvalue weighted by molar-refractivity contribution is -0.117. The molecule has 2 heterocycles. The summed E-state index contributed by atoms with van der Waals surface area (Å²) < 4.78 is 0.755. The van der Waals surface area contributed by atoms with Crippen molar-refractivity contribution in [2.75, 3.05) is 25.0 Å². The van der Waals surface area contributed by atoms with Crippen LogP contribution in [0.2, 0.25) is 0 Å². The van der Waals surface area contributed by atoms with E-state index in [1.54, 1.807) is 12.3 Å². The van der Waals surface area contributed by atoms with Crippen molar-refractivity contribution in [1.29, 1.82) is 0 Å². The molecule has 0 bridgehead atoms. The number of piperidine rings is 1. The molecule has 0 saturated carbocycles. The first-order valence-corrected chi connectivity index (χ1v) is 6.82. The van der Waals surface area contributed by atoms with E-state index < -0.39 is 0 Å². The summed E-state index contributed by atoms with van der Waals surface area (Å²) in [7, 11) is 0. The molecule has 0 radical (unpaired) electrons. The molecule has 18 heavy (non-hydrogen) atoms. The van der Waals surface area contributed by atoms with Crippen LogP contribution in [0, 0.1) is 0 Å². The Morgan fingerprint density at radius 1 is 1.50 bits per heavy atom. The van der Waals surface area contributed by atoms with Gasteiger partial charge in [0.15, 0.2) is 0 Å². The van der Waals surface area contributed by atoms with Gasteiger partial charge in [-0.2, -0.15) is 0 Å². The second-order valence-corrected chi connectivity index (χ2v) is 5.34. The fourth-order valence-electron chi connectivity index (χ4n) is 1.96. The van der Waals surface area contributed by atoms with Crippen molar-refractivity contribution in [3.8, 4) is 0 Å². The van der Waals surface area contributed by atoms with Gasteiger partial charge >= 0.3 is 0 Å². The van der Waals surface area contributed by atoms with Gasteiger partial charge in [-0.3, -0.25) is 9.69 Å². The van der Waals surface area contributed by atoms with E-state index in [0.29, 0.717) is 12.6 Å². The number of likely N-dealkylation sites (tertiary alicyclic amines) is 1. The molecule has 0 atom stereocenters. The lowest BCUT2D eigenvalue weighted by Crippen LogP contribution is -2.43. The van der Waals surface area contributed by atoms with Gasteiger partial charge in [0.1, 0.15) is 4.60 Å². The monoisotopic (exact) mass is 312 g/mol. The number of rotatable bonds is 3. The van der Waals surface area contributed by atoms with E-state index in [9.17, 15) is 4.79 Å². The molecule has 0 aliphatic carbocycles. The number of pyridine rings is 1. The summed E-state index contributed by atoms with van der Waals surface area (Å²) in [4.78, 5) is 18.0. The molecule has 5 nitrogen and oxygen atoms in total. The fraction of sp³-hybridized carbons (Fsp3) is 0.500. The molecular formula is C12H17BrN4O. The number of nitrogens with one attached hydrogen (secondary N) is 1. The van der Waals surface area contributed by atoms with Crippen LogP contribution in [0.3, 0.4) is 0 Å². The number of hydrogen-bond acceptors (Lipinski definition) is 4. The molecule has 6 heteroatoms. The average Bonchev–Trinajstić information content (AvgIpc) is 2.35. The molecular weight excluding hydrogens is 296 g/mol. The Hall–Kier alpha value is -0.980. The number of aromatic nitrogens is 1. The summed E-state index contributed by atoms with van der Waals surface area (Å²) in [5.74, 6) is -0.00501. The van der Waals surface area contributed by atoms with Gasteiger partial charge in [0, 0.05) is 19.1 Å². The molecule has 0 aromatic carbocycles. The Morgan fingerprint density at radius 3 is 2.83 bits per heavy atom. The minimum Gasteiger partial charge on any atom is -0.328 e. The number of halogens is 1. The quantitative estimate of drug-likeness (QED) is 0.823. The van der Waals surface area contributed by atoms with E-state index in [1.807, 2.05) is 6.07 Å². The van der Waals surface area contributed by atoms with Crippen molar-refractivity contribution in [1.82, 2.24) is 9.88 Å². The predicted octanol–water partition coefficient (Wildman–Crippen LogP) is 1.21. The molecule has 1 saturated heterocycles. The summed E-state index contributed by atoms with van der Waals surface area (Å²) >= 11 is 3.25. The fourth-order valence-corrected chi connectivity index (χ4v) is 2.20. The number of anilines is 1. The molecule has 3 N–H and O–H groups in total. The maximum Gasteiger partial charge on any atom is 0.238 e. The summed E-state index contributed by atoms with van der Waals surface area (Å²) in [6.07, 6.45) is 3.56. The summed E-state index contributed by atoms with van der Waals surface area (Å²) in [6.45, 7) is 2.21. The van der Waals surface area contributed by atoms with Crippen LogP contribution >= 0.6 is 15.9 Å². The van der Waals surface area contributed by atoms with Crippen LogP contribution in [-0.4, -0.2) is 41.5 Å². The van der Waals surface area contributed by atoms with Crippen LogP contribution in [0.5, 0.6) is 0 Å². The average molecular weight is 313 g/mol. The Bertz CT molecular complexity index is 401. The highest BCUT2D eigenvalue weighted by atomic mass is 79.9. The van der Waals surface area contributed by atoms with Crippen LogP contribution in [0.15, 0.2) is 22.9 Å². The molecule has 1 aromatic rings. The highest BCUT2D eigenvalue weighted by Gasteiger charge is 2.18. The lowest BCUT2D eigenvalue weighted by Gasteiger charge is -2.29. The Balaban J connectivity index is 1.80. The lowest BCUT2D eigenvalue weighted by atomic mass is 10.1. The van der Waals surface area contributed by atoms with Crippen molar-refractivity contribution < 1.29 is 4.79 Å². The van der Waals surface area contributed by atoms with Crippen molar-refractivity contribution in [3.05, 3.63) is 22.9 Å². The Kier molecular flexibility index (Phi) is 4.68. The molecule has 0 spiro atoms. The minimum absolute atomic E-state index is 0.00501. The topological polar surface area (TPSA) is 71.2 Å². The first-order valence-electron chi connectivity index (χ1n) is 6.03. The number of carbonyl (C=O) groups excluding carboxylic acids is 1. The maximum absolute atomic E-state index is 11.8. The normalized spacial score (nSPS) is 17.7. The highest BCUT2D eigenvalue weighted by molar-refractivity contribution is 9.10. The van der Waals surface area contributed by atoms with Crippen molar-refractivity contribution in [2.45, 2.75) is 18.9 Å². The van der Waals surface area contributed by atoms with Gasteiger partial charge in [0.25, 0.3) is 0 Å². The third kappa shape index (κ3) is 4.04. The molecule has 2 rings (SSSR count). The standard InChI is InChI=1S/C12H17BrN4O/c13-11-2-1-10(7-15-11)16-12(18)8-17-5-3-9(14)4-6-17/h1-2,7,9H,3-6,8,14H2,(H,16,18). The smallest absolute Gasteiger partial charge is 0.238 e. The van der Waals surface area contributed by atoms with Crippen LogP contribution in [0.4, 0.5) is 5.69 Å². The van der Waals surface area contributed by atoms with Crippen molar-refractivity contribution in [2.24, 2.45) is 5.73 Å². The molecule has 98 valence electrons. The molecule has 0 unspecified atom stereocenters. The Morgan fingerprint density at radius 2 is 2.22 bits per heavy atom. The molecule has 1 aromatic heterocycles. The molecule has 1 fully saturated rings. The zero-order valence-corrected chi connectivity index (χ0v) is 11.7. The number of nitrogens with two attached hydrogens (primary N) is 1. The van der Waals surface area contributed by atoms with Gasteiger partial charge in [-0.15, -0.1) is 0 Å².